The fraction of sp³-hybridized carbons (Fsp3) is 0.953. The molecule has 0 unspecified atom stereocenters. The highest BCUT2D eigenvalue weighted by Crippen LogP contribution is 2.36. The Morgan fingerprint density at radius 2 is 0.693 bits per heavy atom. The van der Waals surface area contributed by atoms with E-state index in [2.05, 4.69) is 10.6 Å². The first kappa shape index (κ1) is 62.0. The molecule has 0 spiro atoms. The molecular formula is C43H74N2O30. The van der Waals surface area contributed by atoms with E-state index in [1.807, 2.05) is 0 Å². The third kappa shape index (κ3) is 14.1. The third-order valence-electron chi connectivity index (χ3n) is 13.7. The fourth-order valence-corrected chi connectivity index (χ4v) is 9.53. The molecule has 0 aromatic heterocycles. The minimum Gasteiger partial charge on any atom is -0.394 e. The summed E-state index contributed by atoms with van der Waals surface area (Å²) in [6, 6.07) is -2.76. The van der Waals surface area contributed by atoms with Crippen molar-refractivity contribution < 1.29 is 147 Å². The zero-order chi connectivity index (χ0) is 55.3. The topological polar surface area (TPSA) is 471 Å². The van der Waals surface area contributed by atoms with Gasteiger partial charge in [-0.05, 0) is 13.8 Å². The molecule has 6 saturated heterocycles. The highest BCUT2D eigenvalue weighted by molar-refractivity contribution is 5.73. The van der Waals surface area contributed by atoms with Crippen LogP contribution < -0.4 is 10.6 Å². The van der Waals surface area contributed by atoms with Crippen molar-refractivity contribution in [3.8, 4) is 0 Å². The van der Waals surface area contributed by atoms with Gasteiger partial charge >= 0.3 is 0 Å². The second-order valence-corrected chi connectivity index (χ2v) is 19.0. The molecule has 0 aromatic carbocycles. The Morgan fingerprint density at radius 1 is 0.400 bits per heavy atom. The molecular weight excluding hydrogens is 1020 g/mol. The van der Waals surface area contributed by atoms with Gasteiger partial charge in [-0.15, -0.1) is 0 Å². The zero-order valence-electron chi connectivity index (χ0n) is 41.6. The van der Waals surface area contributed by atoms with Gasteiger partial charge in [0.05, 0.1) is 38.6 Å². The van der Waals surface area contributed by atoms with Gasteiger partial charge in [-0.25, -0.2) is 0 Å². The van der Waals surface area contributed by atoms with Gasteiger partial charge in [0.15, 0.2) is 37.7 Å². The van der Waals surface area contributed by atoms with Crippen molar-refractivity contribution in [3.63, 3.8) is 0 Å². The number of ether oxygens (including phenoxy) is 14. The van der Waals surface area contributed by atoms with Crippen LogP contribution in [-0.4, -0.2) is 315 Å². The molecule has 16 N–H and O–H groups in total. The van der Waals surface area contributed by atoms with Gasteiger partial charge in [0.1, 0.15) is 141 Å². The molecule has 436 valence electrons. The summed E-state index contributed by atoms with van der Waals surface area (Å²) in [4.78, 5) is 25.3. The third-order valence-corrected chi connectivity index (χ3v) is 13.7. The standard InChI is InChI=1S/C43H74N2O30/c1-12-22(50)26(54)30(58)40(66-12)74-36-20(44-14(3)48)38(62-5)70-18(34(36)72-42-32(60)28(56)24(52)16(7-46)68-42)9-64-11-65-10-19-35(73-43-33(61)29(57)25(53)17(8-47)69-43)37(21(45-15(4)49)39(63-6)71-19)75-41-31(59)27(55)23(51)13(2)67-41/h12-13,16-43,46-47,50-61H,7-11H2,1-6H3,(H,44,48)(H,45,49)/t12-,13-,16+,17+,18+,19+,20+,21+,22+,23+,24-,25-,26+,27+,28-,29-,30-,31-,32+,33+,34+,35+,36+,37+,38-,39-,40-,41-,42-,43-/m0/s1. The lowest BCUT2D eigenvalue weighted by molar-refractivity contribution is -0.375. The second kappa shape index (κ2) is 27.3. The SMILES string of the molecule is CO[C@H]1O[C@H](COCOC[C@H]2O[C@H](OC)[C@H](NC(C)=O)[C@@H](O[C@@H]3O[C@@H](C)[C@@H](O)[C@@H](O)[C@@H]3O)[C@@H]2O[C@@H]2O[C@H](CO)[C@H](O)[C@H](O)[C@H]2O)[C@@H](O[C@@H]2O[C@H](CO)[C@H](O)[C@H](O)[C@H]2O)[C@H](O[C@@H]2O[C@@H](C)[C@@H](O)[C@@H](O)[C@@H]2O)[C@H]1NC(C)=O. The maximum Gasteiger partial charge on any atom is 0.217 e. The summed E-state index contributed by atoms with van der Waals surface area (Å²) in [6.07, 6.45) is -46.8. The van der Waals surface area contributed by atoms with E-state index < -0.39 is 229 Å². The summed E-state index contributed by atoms with van der Waals surface area (Å²) in [5.74, 6) is -1.33. The van der Waals surface area contributed by atoms with E-state index in [1.165, 1.54) is 28.1 Å². The van der Waals surface area contributed by atoms with Crippen molar-refractivity contribution in [3.05, 3.63) is 0 Å². The molecule has 2 amide bonds. The summed E-state index contributed by atoms with van der Waals surface area (Å²) in [7, 11) is 2.40. The first-order valence-corrected chi connectivity index (χ1v) is 24.2. The van der Waals surface area contributed by atoms with E-state index in [9.17, 15) is 81.1 Å². The van der Waals surface area contributed by atoms with Crippen molar-refractivity contribution in [1.29, 1.82) is 0 Å². The minimum atomic E-state index is -2.00. The van der Waals surface area contributed by atoms with E-state index in [0.29, 0.717) is 0 Å². The molecule has 0 radical (unpaired) electrons. The molecule has 6 fully saturated rings. The molecule has 0 aliphatic carbocycles. The Labute approximate surface area is 428 Å². The van der Waals surface area contributed by atoms with E-state index in [0.717, 1.165) is 13.8 Å². The highest BCUT2D eigenvalue weighted by Gasteiger charge is 2.57. The van der Waals surface area contributed by atoms with Crippen molar-refractivity contribution >= 4 is 11.8 Å². The summed E-state index contributed by atoms with van der Waals surface area (Å²) in [5, 5.41) is 154. The van der Waals surface area contributed by atoms with Crippen LogP contribution in [-0.2, 0) is 75.9 Å². The summed E-state index contributed by atoms with van der Waals surface area (Å²) < 4.78 is 82.9. The van der Waals surface area contributed by atoms with Gasteiger partial charge in [0.25, 0.3) is 0 Å². The molecule has 30 atom stereocenters. The molecule has 0 saturated carbocycles. The lowest BCUT2D eigenvalue weighted by atomic mass is 9.94. The first-order chi connectivity index (χ1) is 35.5. The minimum absolute atomic E-state index is 0.586. The van der Waals surface area contributed by atoms with Crippen molar-refractivity contribution in [1.82, 2.24) is 10.6 Å². The molecule has 32 heteroatoms. The number of carbonyl (C=O) groups excluding carboxylic acids is 2. The number of amides is 2. The summed E-state index contributed by atoms with van der Waals surface area (Å²) in [6.45, 7) is 1.44. The highest BCUT2D eigenvalue weighted by atomic mass is 16.8. The van der Waals surface area contributed by atoms with E-state index in [4.69, 9.17) is 66.3 Å². The normalized spacial score (nSPS) is 48.7. The van der Waals surface area contributed by atoms with Crippen LogP contribution in [0.1, 0.15) is 27.7 Å². The lowest BCUT2D eigenvalue weighted by Crippen LogP contribution is -2.70. The van der Waals surface area contributed by atoms with Gasteiger partial charge < -0.3 is 148 Å². The summed E-state index contributed by atoms with van der Waals surface area (Å²) in [5.41, 5.74) is 0. The number of carbonyl (C=O) groups is 2. The first-order valence-electron chi connectivity index (χ1n) is 24.2. The van der Waals surface area contributed by atoms with E-state index in [1.54, 1.807) is 0 Å². The van der Waals surface area contributed by atoms with Gasteiger partial charge in [-0.1, -0.05) is 0 Å². The fourth-order valence-electron chi connectivity index (χ4n) is 9.53. The van der Waals surface area contributed by atoms with Crippen LogP contribution in [0.25, 0.3) is 0 Å². The Bertz CT molecular complexity index is 1660. The number of methoxy groups -OCH3 is 2. The number of aliphatic hydroxyl groups is 14. The number of aliphatic hydroxyl groups excluding tert-OH is 14. The number of rotatable bonds is 20. The van der Waals surface area contributed by atoms with E-state index in [-0.39, 0.29) is 0 Å². The Hall–Kier alpha value is -2.18. The van der Waals surface area contributed by atoms with Crippen LogP contribution in [0.3, 0.4) is 0 Å². The molecule has 6 aliphatic heterocycles. The predicted octanol–water partition coefficient (Wildman–Crippen LogP) is -10.5. The smallest absolute Gasteiger partial charge is 0.217 e. The predicted molar refractivity (Wildman–Crippen MR) is 235 cm³/mol. The molecule has 6 aliphatic rings. The molecule has 0 aromatic rings. The average Bonchev–Trinajstić information content (AvgIpc) is 3.37. The van der Waals surface area contributed by atoms with Gasteiger partial charge in [-0.2, -0.15) is 0 Å². The largest absolute Gasteiger partial charge is 0.394 e. The van der Waals surface area contributed by atoms with E-state index >= 15 is 0 Å². The van der Waals surface area contributed by atoms with Crippen LogP contribution in [0.5, 0.6) is 0 Å². The monoisotopic (exact) mass is 1100 g/mol. The molecule has 75 heavy (non-hydrogen) atoms. The zero-order valence-corrected chi connectivity index (χ0v) is 41.6. The van der Waals surface area contributed by atoms with Gasteiger partial charge in [0.2, 0.25) is 11.8 Å². The Balaban J connectivity index is 1.28. The van der Waals surface area contributed by atoms with Gasteiger partial charge in [-0.3, -0.25) is 9.59 Å². The van der Waals surface area contributed by atoms with Crippen LogP contribution >= 0.6 is 0 Å². The Morgan fingerprint density at radius 3 is 1.00 bits per heavy atom. The maximum atomic E-state index is 12.7. The second-order valence-electron chi connectivity index (χ2n) is 19.0. The summed E-state index contributed by atoms with van der Waals surface area (Å²) >= 11 is 0. The van der Waals surface area contributed by atoms with Crippen molar-refractivity contribution in [2.75, 3.05) is 47.4 Å². The number of hydrogen-bond donors (Lipinski definition) is 16. The molecule has 6 rings (SSSR count). The van der Waals surface area contributed by atoms with Crippen LogP contribution in [0.4, 0.5) is 0 Å². The van der Waals surface area contributed by atoms with Crippen LogP contribution in [0, 0.1) is 0 Å². The Kier molecular flexibility index (Phi) is 22.6. The van der Waals surface area contributed by atoms with Gasteiger partial charge in [0, 0.05) is 28.1 Å². The average molecular weight is 1100 g/mol. The van der Waals surface area contributed by atoms with Crippen molar-refractivity contribution in [2.45, 2.75) is 212 Å². The molecule has 0 bridgehead atoms. The van der Waals surface area contributed by atoms with Crippen LogP contribution in [0.15, 0.2) is 0 Å². The lowest BCUT2D eigenvalue weighted by Gasteiger charge is -2.50. The maximum absolute atomic E-state index is 12.7. The quantitative estimate of drug-likeness (QED) is 0.0398. The van der Waals surface area contributed by atoms with Crippen molar-refractivity contribution in [2.24, 2.45) is 0 Å². The molecule has 32 nitrogen and oxygen atoms in total. The molecule has 6 heterocycles. The van der Waals surface area contributed by atoms with Crippen LogP contribution in [0.2, 0.25) is 0 Å². The number of nitrogens with one attached hydrogen (secondary N) is 2. The number of hydrogen-bond acceptors (Lipinski definition) is 30.